The Hall–Kier alpha value is -0.620. The van der Waals surface area contributed by atoms with Crippen molar-refractivity contribution in [2.75, 3.05) is 13.1 Å². The van der Waals surface area contributed by atoms with Crippen LogP contribution in [0.1, 0.15) is 61.3 Å². The SMILES string of the molecule is CCCCNS(=O)(=O)N(C(C)(C)C(=S(=O)=O)S(=O)(=O)NC(C)C)S(=O)(=O)NCC(C)C. The van der Waals surface area contributed by atoms with E-state index in [9.17, 15) is 33.7 Å². The Morgan fingerprint density at radius 2 is 1.42 bits per heavy atom. The molecule has 0 fully saturated rings. The van der Waals surface area contributed by atoms with E-state index >= 15 is 0 Å². The van der Waals surface area contributed by atoms with Crippen molar-refractivity contribution in [2.45, 2.75) is 72.9 Å². The Morgan fingerprint density at radius 3 is 1.81 bits per heavy atom. The molecule has 0 rings (SSSR count). The maximum absolute atomic E-state index is 13.0. The van der Waals surface area contributed by atoms with Gasteiger partial charge in [-0.05, 0) is 40.0 Å². The molecule has 0 aromatic rings. The smallest absolute Gasteiger partial charge is 0.208 e. The maximum Gasteiger partial charge on any atom is 0.294 e. The summed E-state index contributed by atoms with van der Waals surface area (Å²) in [5.74, 6) is -0.209. The average Bonchev–Trinajstić information content (AvgIpc) is 2.49. The molecule has 0 radical (unpaired) electrons. The minimum Gasteiger partial charge on any atom is -0.208 e. The molecule has 186 valence electrons. The molecule has 0 spiro atoms. The first-order valence-electron chi connectivity index (χ1n) is 9.61. The van der Waals surface area contributed by atoms with Crippen molar-refractivity contribution in [3.63, 3.8) is 0 Å². The van der Waals surface area contributed by atoms with E-state index in [1.165, 1.54) is 13.8 Å². The predicted octanol–water partition coefficient (Wildman–Crippen LogP) is -0.471. The zero-order valence-electron chi connectivity index (χ0n) is 18.8. The number of rotatable bonds is 13. The third-order valence-corrected chi connectivity index (χ3v) is 11.4. The van der Waals surface area contributed by atoms with Gasteiger partial charge in [0.2, 0.25) is 14.5 Å². The van der Waals surface area contributed by atoms with Crippen molar-refractivity contribution in [2.24, 2.45) is 5.92 Å². The molecule has 0 unspecified atom stereocenters. The molecule has 31 heavy (non-hydrogen) atoms. The standard InChI is InChI=1S/C15H34N4O8S4/c1-8-9-10-16-30(24,25)19(31(26,27)17-11-12(2)3)15(6,7)14(28(20)21)29(22,23)18-13(4)5/h12-13,16-18H,8-11H2,1-7H3. The van der Waals surface area contributed by atoms with Crippen molar-refractivity contribution in [3.8, 4) is 0 Å². The van der Waals surface area contributed by atoms with Gasteiger partial charge in [-0.25, -0.2) is 22.6 Å². The quantitative estimate of drug-likeness (QED) is 0.213. The number of hydrogen-bond donors (Lipinski definition) is 3. The van der Waals surface area contributed by atoms with Gasteiger partial charge in [-0.1, -0.05) is 30.9 Å². The molecular formula is C15H34N4O8S4. The van der Waals surface area contributed by atoms with Crippen LogP contribution in [0.2, 0.25) is 0 Å². The summed E-state index contributed by atoms with van der Waals surface area (Å²) in [6.45, 7) is 9.49. The normalized spacial score (nSPS) is 13.9. The van der Waals surface area contributed by atoms with Gasteiger partial charge in [0.05, 0.1) is 0 Å². The number of hydrogen-bond acceptors (Lipinski definition) is 8. The Morgan fingerprint density at radius 1 is 0.935 bits per heavy atom. The van der Waals surface area contributed by atoms with E-state index in [0.717, 1.165) is 13.8 Å². The highest BCUT2D eigenvalue weighted by atomic mass is 32.3. The molecule has 0 amide bonds. The topological polar surface area (TPSA) is 176 Å². The van der Waals surface area contributed by atoms with Gasteiger partial charge in [-0.3, -0.25) is 0 Å². The highest BCUT2D eigenvalue weighted by molar-refractivity contribution is 8.15. The van der Waals surface area contributed by atoms with E-state index in [4.69, 9.17) is 0 Å². The summed E-state index contributed by atoms with van der Waals surface area (Å²) in [6.07, 6.45) is 0.975. The second kappa shape index (κ2) is 11.5. The van der Waals surface area contributed by atoms with Crippen LogP contribution < -0.4 is 14.2 Å². The van der Waals surface area contributed by atoms with Crippen LogP contribution >= 0.6 is 0 Å². The molecule has 0 aliphatic carbocycles. The van der Waals surface area contributed by atoms with Crippen LogP contribution in [0.4, 0.5) is 0 Å². The van der Waals surface area contributed by atoms with E-state index in [1.54, 1.807) is 20.8 Å². The van der Waals surface area contributed by atoms with Crippen molar-refractivity contribution in [3.05, 3.63) is 0 Å². The van der Waals surface area contributed by atoms with Gasteiger partial charge in [0.25, 0.3) is 30.4 Å². The fourth-order valence-electron chi connectivity index (χ4n) is 2.56. The molecule has 0 bridgehead atoms. The molecule has 0 saturated carbocycles. The molecular weight excluding hydrogens is 492 g/mol. The monoisotopic (exact) mass is 526 g/mol. The number of sulfonamides is 1. The van der Waals surface area contributed by atoms with Gasteiger partial charge >= 0.3 is 0 Å². The molecule has 0 atom stereocenters. The van der Waals surface area contributed by atoms with Gasteiger partial charge in [-0.15, -0.1) is 0 Å². The van der Waals surface area contributed by atoms with Crippen LogP contribution in [-0.2, 0) is 40.7 Å². The summed E-state index contributed by atoms with van der Waals surface area (Å²) in [4.78, 5) is 0. The average molecular weight is 527 g/mol. The first-order valence-corrected chi connectivity index (χ1v) is 15.1. The highest BCUT2D eigenvalue weighted by Crippen LogP contribution is 2.26. The zero-order chi connectivity index (χ0) is 24.8. The highest BCUT2D eigenvalue weighted by Gasteiger charge is 2.52. The second-order valence-corrected chi connectivity index (χ2v) is 14.3. The van der Waals surface area contributed by atoms with Gasteiger partial charge in [-0.2, -0.15) is 25.3 Å². The third-order valence-electron chi connectivity index (χ3n) is 3.67. The van der Waals surface area contributed by atoms with Crippen LogP contribution in [0.15, 0.2) is 0 Å². The largest absolute Gasteiger partial charge is 0.294 e. The van der Waals surface area contributed by atoms with Crippen LogP contribution in [0.3, 0.4) is 0 Å². The van der Waals surface area contributed by atoms with E-state index in [0.29, 0.717) is 12.8 Å². The zero-order valence-corrected chi connectivity index (χ0v) is 22.1. The van der Waals surface area contributed by atoms with Crippen LogP contribution in [0, 0.1) is 5.92 Å². The fourth-order valence-corrected chi connectivity index (χ4v) is 9.54. The lowest BCUT2D eigenvalue weighted by Gasteiger charge is -2.35. The molecule has 3 N–H and O–H groups in total. The first kappa shape index (κ1) is 30.4. The molecule has 0 aromatic carbocycles. The Kier molecular flexibility index (Phi) is 11.3. The number of nitrogens with zero attached hydrogens (tertiary/aromatic N) is 1. The summed E-state index contributed by atoms with van der Waals surface area (Å²) in [6, 6.07) is -0.734. The van der Waals surface area contributed by atoms with Crippen molar-refractivity contribution in [1.82, 2.24) is 17.9 Å². The lowest BCUT2D eigenvalue weighted by Crippen LogP contribution is -2.63. The van der Waals surface area contributed by atoms with Crippen LogP contribution in [0.5, 0.6) is 0 Å². The van der Waals surface area contributed by atoms with Gasteiger partial charge in [0.15, 0.2) is 0 Å². The molecule has 16 heteroatoms. The maximum atomic E-state index is 13.0. The third kappa shape index (κ3) is 8.68. The van der Waals surface area contributed by atoms with Gasteiger partial charge < -0.3 is 0 Å². The van der Waals surface area contributed by atoms with Crippen molar-refractivity contribution < 1.29 is 33.7 Å². The summed E-state index contributed by atoms with van der Waals surface area (Å²) in [5, 5.41) is 0. The summed E-state index contributed by atoms with van der Waals surface area (Å²) >= 11 is 0. The molecule has 0 aromatic heterocycles. The first-order chi connectivity index (χ1) is 13.8. The molecule has 0 heterocycles. The van der Waals surface area contributed by atoms with Gasteiger partial charge in [0.1, 0.15) is 5.54 Å². The lowest BCUT2D eigenvalue weighted by atomic mass is 10.1. The van der Waals surface area contributed by atoms with E-state index in [-0.39, 0.29) is 22.7 Å². The minimum atomic E-state index is -4.89. The van der Waals surface area contributed by atoms with Crippen molar-refractivity contribution >= 4 is 44.9 Å². The Bertz CT molecular complexity index is 1050. The number of nitrogens with one attached hydrogen (secondary N) is 3. The summed E-state index contributed by atoms with van der Waals surface area (Å²) in [7, 11) is -18.0. The Balaban J connectivity index is 6.92. The summed E-state index contributed by atoms with van der Waals surface area (Å²) < 4.78 is 106. The summed E-state index contributed by atoms with van der Waals surface area (Å²) in [5.41, 5.74) is -2.53. The van der Waals surface area contributed by atoms with E-state index in [1.807, 2.05) is 0 Å². The van der Waals surface area contributed by atoms with E-state index < -0.39 is 56.5 Å². The predicted molar refractivity (Wildman–Crippen MR) is 121 cm³/mol. The minimum absolute atomic E-state index is 0.127. The fraction of sp³-hybridized carbons (Fsp3) is 0.933. The lowest BCUT2D eigenvalue weighted by molar-refractivity contribution is 0.398. The molecule has 0 aliphatic rings. The molecule has 0 aliphatic heterocycles. The molecule has 12 nitrogen and oxygen atoms in total. The van der Waals surface area contributed by atoms with Gasteiger partial charge in [0, 0.05) is 19.1 Å². The van der Waals surface area contributed by atoms with E-state index in [2.05, 4.69) is 14.2 Å². The van der Waals surface area contributed by atoms with Crippen LogP contribution in [-0.4, -0.2) is 66.2 Å². The molecule has 0 saturated heterocycles. The van der Waals surface area contributed by atoms with Crippen LogP contribution in [0.25, 0.3) is 0 Å². The Labute approximate surface area is 188 Å². The van der Waals surface area contributed by atoms with Crippen molar-refractivity contribution in [1.29, 1.82) is 0 Å². The number of unbranched alkanes of at least 4 members (excludes halogenated alkanes) is 1. The second-order valence-electron chi connectivity index (χ2n) is 8.05.